The molecule has 8 nitrogen and oxygen atoms in total. The fourth-order valence-electron chi connectivity index (χ4n) is 0.688. The van der Waals surface area contributed by atoms with Gasteiger partial charge in [0, 0.05) is 0 Å². The summed E-state index contributed by atoms with van der Waals surface area (Å²) in [6.45, 7) is 0. The molecule has 0 aromatic heterocycles. The summed E-state index contributed by atoms with van der Waals surface area (Å²) in [5.74, 6) is 3.00. The summed E-state index contributed by atoms with van der Waals surface area (Å²) in [4.78, 5) is 39.0. The Bertz CT molecular complexity index is 439. The summed E-state index contributed by atoms with van der Waals surface area (Å²) in [6.07, 6.45) is 0. The Morgan fingerprint density at radius 2 is 1.33 bits per heavy atom. The van der Waals surface area contributed by atoms with E-state index in [-0.39, 0.29) is 10.3 Å². The average Bonchev–Trinajstić information content (AvgIpc) is 2.17. The fourth-order valence-corrected chi connectivity index (χ4v) is 1.79. The van der Waals surface area contributed by atoms with Crippen molar-refractivity contribution in [2.24, 2.45) is 5.96 Å². The Balaban J connectivity index is 0. The second-order valence-electron chi connectivity index (χ2n) is 2.51. The summed E-state index contributed by atoms with van der Waals surface area (Å²) in [7, 11) is -8.83. The van der Waals surface area contributed by atoms with Gasteiger partial charge in [0.05, 0.1) is 10.3 Å². The van der Waals surface area contributed by atoms with Crippen LogP contribution < -0.4 is 11.3 Å². The molecule has 0 unspecified atom stereocenters. The SMILES string of the molecule is NF.O=P(O)(O)O.O=P(O)(O)c1ccccc1Cl. The van der Waals surface area contributed by atoms with Crippen molar-refractivity contribution in [3.63, 3.8) is 0 Å². The highest BCUT2D eigenvalue weighted by molar-refractivity contribution is 7.60. The van der Waals surface area contributed by atoms with Crippen molar-refractivity contribution in [2.45, 2.75) is 0 Å². The van der Waals surface area contributed by atoms with Crippen molar-refractivity contribution in [1.82, 2.24) is 0 Å². The maximum absolute atomic E-state index is 10.7. The number of hydrogen-bond acceptors (Lipinski definition) is 3. The van der Waals surface area contributed by atoms with E-state index in [9.17, 15) is 4.57 Å². The Morgan fingerprint density at radius 3 is 1.56 bits per heavy atom. The molecule has 1 aromatic carbocycles. The lowest BCUT2D eigenvalue weighted by Gasteiger charge is -2.04. The van der Waals surface area contributed by atoms with Crippen LogP contribution in [0, 0.1) is 0 Å². The Morgan fingerprint density at radius 1 is 1.00 bits per heavy atom. The van der Waals surface area contributed by atoms with Gasteiger partial charge in [-0.25, -0.2) is 4.57 Å². The molecule has 106 valence electrons. The minimum absolute atomic E-state index is 0.0980. The van der Waals surface area contributed by atoms with Crippen LogP contribution >= 0.6 is 27.0 Å². The molecule has 0 atom stereocenters. The normalized spacial score (nSPS) is 10.7. The first kappa shape index (κ1) is 20.0. The quantitative estimate of drug-likeness (QED) is 0.311. The molecule has 0 saturated carbocycles. The van der Waals surface area contributed by atoms with Gasteiger partial charge in [-0.1, -0.05) is 23.7 Å². The number of rotatable bonds is 1. The van der Waals surface area contributed by atoms with Crippen LogP contribution in [0.15, 0.2) is 24.3 Å². The second-order valence-corrected chi connectivity index (χ2v) is 5.51. The van der Waals surface area contributed by atoms with E-state index in [1.54, 1.807) is 6.07 Å². The minimum atomic E-state index is -4.64. The number of halogens is 2. The molecule has 0 heterocycles. The molecule has 0 radical (unpaired) electrons. The average molecular weight is 326 g/mol. The summed E-state index contributed by atoms with van der Waals surface area (Å²) >= 11 is 5.52. The van der Waals surface area contributed by atoms with E-state index < -0.39 is 15.4 Å². The highest BCUT2D eigenvalue weighted by Crippen LogP contribution is 2.35. The molecule has 18 heavy (non-hydrogen) atoms. The van der Waals surface area contributed by atoms with Gasteiger partial charge in [0.15, 0.2) is 0 Å². The summed E-state index contributed by atoms with van der Waals surface area (Å²) in [6, 6.07) is 5.89. The Hall–Kier alpha value is -0.340. The Kier molecular flexibility index (Phi) is 9.67. The van der Waals surface area contributed by atoms with Crippen LogP contribution in [0.3, 0.4) is 0 Å². The predicted molar refractivity (Wildman–Crippen MR) is 62.7 cm³/mol. The first-order chi connectivity index (χ1) is 8.02. The molecule has 0 aliphatic rings. The van der Waals surface area contributed by atoms with Gasteiger partial charge < -0.3 is 24.5 Å². The van der Waals surface area contributed by atoms with Crippen LogP contribution in [-0.2, 0) is 9.13 Å². The second kappa shape index (κ2) is 8.71. The zero-order valence-corrected chi connectivity index (χ0v) is 11.1. The van der Waals surface area contributed by atoms with E-state index in [4.69, 9.17) is 45.1 Å². The monoisotopic (exact) mass is 325 g/mol. The van der Waals surface area contributed by atoms with E-state index in [1.165, 1.54) is 18.2 Å². The molecule has 0 bridgehead atoms. The van der Waals surface area contributed by atoms with Gasteiger partial charge in [0.2, 0.25) is 0 Å². The van der Waals surface area contributed by atoms with E-state index >= 15 is 0 Å². The molecule has 1 aromatic rings. The number of hydrogen-bond donors (Lipinski definition) is 6. The van der Waals surface area contributed by atoms with Gasteiger partial charge in [0.25, 0.3) is 0 Å². The summed E-state index contributed by atoms with van der Waals surface area (Å²) < 4.78 is 28.5. The standard InChI is InChI=1S/C6H6ClO3P.FH2N.H3O4P/c7-5-3-1-2-4-6(5)11(8,9)10;1-2;1-5(2,3)4/h1-4H,(H2,8,9,10);2H2;(H3,1,2,3,4). The maximum Gasteiger partial charge on any atom is 0.466 e. The third-order valence-electron chi connectivity index (χ3n) is 1.17. The largest absolute Gasteiger partial charge is 0.466 e. The Labute approximate surface area is 106 Å². The molecule has 0 amide bonds. The van der Waals surface area contributed by atoms with Gasteiger partial charge in [-0.2, -0.15) is 5.96 Å². The zero-order valence-electron chi connectivity index (χ0n) is 8.59. The third-order valence-corrected chi connectivity index (χ3v) is 2.65. The van der Waals surface area contributed by atoms with Crippen LogP contribution in [0.5, 0.6) is 0 Å². The highest BCUT2D eigenvalue weighted by atomic mass is 35.5. The van der Waals surface area contributed by atoms with Crippen LogP contribution in [0.1, 0.15) is 0 Å². The number of nitrogens with two attached hydrogens (primary N) is 1. The van der Waals surface area contributed by atoms with Gasteiger partial charge in [-0.3, -0.25) is 4.57 Å². The fraction of sp³-hybridized carbons (Fsp3) is 0. The van der Waals surface area contributed by atoms with Gasteiger partial charge >= 0.3 is 15.4 Å². The van der Waals surface area contributed by atoms with Crippen molar-refractivity contribution in [3.05, 3.63) is 29.3 Å². The van der Waals surface area contributed by atoms with E-state index in [1.807, 2.05) is 0 Å². The highest BCUT2D eigenvalue weighted by Gasteiger charge is 2.19. The van der Waals surface area contributed by atoms with Crippen molar-refractivity contribution >= 4 is 32.3 Å². The van der Waals surface area contributed by atoms with E-state index in [0.29, 0.717) is 0 Å². The topological polar surface area (TPSA) is 161 Å². The summed E-state index contributed by atoms with van der Waals surface area (Å²) in [5.41, 5.74) is 0. The number of phosphoric acid groups is 1. The molecule has 1 rings (SSSR count). The molecule has 0 spiro atoms. The summed E-state index contributed by atoms with van der Waals surface area (Å²) in [5, 5.41) is -0.0255. The van der Waals surface area contributed by atoms with Crippen molar-refractivity contribution in [3.8, 4) is 0 Å². The smallest absolute Gasteiger partial charge is 0.321 e. The molecule has 0 aliphatic heterocycles. The molecule has 12 heteroatoms. The number of benzene rings is 1. The van der Waals surface area contributed by atoms with E-state index in [0.717, 1.165) is 0 Å². The molecular formula is C6H11ClFNO7P2. The van der Waals surface area contributed by atoms with Crippen LogP contribution in [0.4, 0.5) is 4.48 Å². The van der Waals surface area contributed by atoms with Crippen molar-refractivity contribution < 1.29 is 38.1 Å². The van der Waals surface area contributed by atoms with Crippen LogP contribution in [0.25, 0.3) is 0 Å². The van der Waals surface area contributed by atoms with Crippen LogP contribution in [-0.4, -0.2) is 24.5 Å². The first-order valence-electron chi connectivity index (χ1n) is 3.82. The molecule has 0 aliphatic carbocycles. The molecule has 0 fully saturated rings. The van der Waals surface area contributed by atoms with E-state index in [2.05, 4.69) is 5.96 Å². The predicted octanol–water partition coefficient (Wildman–Crippen LogP) is 0.0440. The van der Waals surface area contributed by atoms with Crippen molar-refractivity contribution in [1.29, 1.82) is 0 Å². The lowest BCUT2D eigenvalue weighted by molar-refractivity contribution is 0.275. The van der Waals surface area contributed by atoms with Crippen LogP contribution in [0.2, 0.25) is 5.02 Å². The maximum atomic E-state index is 10.7. The molecular weight excluding hydrogens is 314 g/mol. The zero-order chi connectivity index (χ0) is 15.0. The van der Waals surface area contributed by atoms with Gasteiger partial charge in [0.1, 0.15) is 0 Å². The lowest BCUT2D eigenvalue weighted by atomic mass is 10.4. The van der Waals surface area contributed by atoms with Crippen molar-refractivity contribution in [2.75, 3.05) is 0 Å². The molecule has 7 N–H and O–H groups in total. The van der Waals surface area contributed by atoms with Gasteiger partial charge in [-0.05, 0) is 12.1 Å². The first-order valence-corrected chi connectivity index (χ1v) is 7.38. The van der Waals surface area contributed by atoms with Gasteiger partial charge in [-0.15, -0.1) is 4.48 Å². The molecule has 0 saturated heterocycles. The third kappa shape index (κ3) is 12.1. The lowest BCUT2D eigenvalue weighted by Crippen LogP contribution is -2.03. The minimum Gasteiger partial charge on any atom is -0.321 e.